The summed E-state index contributed by atoms with van der Waals surface area (Å²) >= 11 is 0. The summed E-state index contributed by atoms with van der Waals surface area (Å²) in [6.45, 7) is 1.01. The monoisotopic (exact) mass is 235 g/mol. The van der Waals surface area contributed by atoms with Crippen molar-refractivity contribution in [2.45, 2.75) is 12.5 Å². The van der Waals surface area contributed by atoms with E-state index in [1.807, 2.05) is 24.3 Å². The van der Waals surface area contributed by atoms with Gasteiger partial charge >= 0.3 is 0 Å². The van der Waals surface area contributed by atoms with E-state index in [9.17, 15) is 4.79 Å². The molecule has 0 spiro atoms. The van der Waals surface area contributed by atoms with Gasteiger partial charge in [0.25, 0.3) is 0 Å². The van der Waals surface area contributed by atoms with E-state index in [0.29, 0.717) is 19.5 Å². The van der Waals surface area contributed by atoms with E-state index in [2.05, 4.69) is 5.43 Å². The van der Waals surface area contributed by atoms with E-state index >= 15 is 0 Å². The van der Waals surface area contributed by atoms with Gasteiger partial charge in [-0.15, -0.1) is 0 Å². The number of carbonyl (C=O) groups is 1. The third kappa shape index (κ3) is 2.57. The van der Waals surface area contributed by atoms with Crippen LogP contribution >= 0.6 is 0 Å². The Bertz CT molecular complexity index is 391. The van der Waals surface area contributed by atoms with Gasteiger partial charge in [-0.05, 0) is 17.7 Å². The van der Waals surface area contributed by atoms with Gasteiger partial charge in [0.2, 0.25) is 5.91 Å². The highest BCUT2D eigenvalue weighted by atomic mass is 16.5. The largest absolute Gasteiger partial charge is 0.497 e. The molecule has 1 aliphatic heterocycles. The van der Waals surface area contributed by atoms with Crippen LogP contribution in [0.3, 0.4) is 0 Å². The third-order valence-electron chi connectivity index (χ3n) is 2.86. The fraction of sp³-hybridized carbons (Fsp3) is 0.417. The fourth-order valence-electron chi connectivity index (χ4n) is 1.94. The highest BCUT2D eigenvalue weighted by molar-refractivity contribution is 5.78. The number of hydrogen-bond acceptors (Lipinski definition) is 4. The molecule has 0 aliphatic carbocycles. The van der Waals surface area contributed by atoms with Crippen LogP contribution < -0.4 is 15.9 Å². The summed E-state index contributed by atoms with van der Waals surface area (Å²) in [4.78, 5) is 11.7. The summed E-state index contributed by atoms with van der Waals surface area (Å²) in [6.07, 6.45) is 0.479. The second-order valence-electron chi connectivity index (χ2n) is 3.99. The molecule has 1 amide bonds. The highest BCUT2D eigenvalue weighted by Crippen LogP contribution is 2.25. The molecule has 0 saturated carbocycles. The minimum atomic E-state index is 0.0416. The maximum absolute atomic E-state index is 11.7. The lowest BCUT2D eigenvalue weighted by atomic mass is 10.1. The predicted molar refractivity (Wildman–Crippen MR) is 64.3 cm³/mol. The second-order valence-corrected chi connectivity index (χ2v) is 3.99. The van der Waals surface area contributed by atoms with Gasteiger partial charge in [-0.3, -0.25) is 9.80 Å². The van der Waals surface area contributed by atoms with E-state index in [0.717, 1.165) is 11.3 Å². The number of nitrogens with one attached hydrogen (secondary N) is 1. The van der Waals surface area contributed by atoms with Crippen LogP contribution in [-0.4, -0.2) is 31.1 Å². The molecular weight excluding hydrogens is 218 g/mol. The summed E-state index contributed by atoms with van der Waals surface area (Å²) in [7, 11) is 1.63. The van der Waals surface area contributed by atoms with Crippen LogP contribution in [0.2, 0.25) is 0 Å². The van der Waals surface area contributed by atoms with Crippen LogP contribution in [0.4, 0.5) is 0 Å². The number of benzene rings is 1. The van der Waals surface area contributed by atoms with Crippen molar-refractivity contribution in [2.24, 2.45) is 5.73 Å². The molecule has 1 heterocycles. The molecule has 1 unspecified atom stereocenters. The highest BCUT2D eigenvalue weighted by Gasteiger charge is 2.29. The lowest BCUT2D eigenvalue weighted by Crippen LogP contribution is -2.38. The van der Waals surface area contributed by atoms with E-state index in [-0.39, 0.29) is 11.9 Å². The Morgan fingerprint density at radius 2 is 2.18 bits per heavy atom. The van der Waals surface area contributed by atoms with Gasteiger partial charge in [0, 0.05) is 19.5 Å². The van der Waals surface area contributed by atoms with Gasteiger partial charge in [-0.2, -0.15) is 0 Å². The summed E-state index contributed by atoms with van der Waals surface area (Å²) in [5, 5.41) is 1.59. The smallest absolute Gasteiger partial charge is 0.238 e. The van der Waals surface area contributed by atoms with E-state index in [1.54, 1.807) is 12.1 Å². The molecule has 1 aliphatic rings. The first-order valence-corrected chi connectivity index (χ1v) is 5.65. The molecule has 1 aromatic carbocycles. The molecular formula is C12H17N3O2. The SMILES string of the molecule is COc1ccc(C2CC(=O)N(CCN)N2)cc1. The van der Waals surface area contributed by atoms with Crippen molar-refractivity contribution in [3.05, 3.63) is 29.8 Å². The number of ether oxygens (including phenoxy) is 1. The van der Waals surface area contributed by atoms with Crippen LogP contribution in [0.1, 0.15) is 18.0 Å². The van der Waals surface area contributed by atoms with Gasteiger partial charge in [0.05, 0.1) is 13.2 Å². The topological polar surface area (TPSA) is 67.6 Å². The molecule has 0 aromatic heterocycles. The van der Waals surface area contributed by atoms with Crippen LogP contribution in [0.5, 0.6) is 5.75 Å². The van der Waals surface area contributed by atoms with Crippen molar-refractivity contribution in [1.29, 1.82) is 0 Å². The Kier molecular flexibility index (Phi) is 3.61. The van der Waals surface area contributed by atoms with Crippen molar-refractivity contribution in [3.8, 4) is 5.75 Å². The molecule has 17 heavy (non-hydrogen) atoms. The van der Waals surface area contributed by atoms with Gasteiger partial charge in [0.1, 0.15) is 5.75 Å². The number of rotatable bonds is 4. The average molecular weight is 235 g/mol. The molecule has 0 bridgehead atoms. The molecule has 2 rings (SSSR count). The van der Waals surface area contributed by atoms with Crippen LogP contribution in [0, 0.1) is 0 Å². The molecule has 1 fully saturated rings. The second kappa shape index (κ2) is 5.16. The Hall–Kier alpha value is -1.59. The molecule has 0 radical (unpaired) electrons. The summed E-state index contributed by atoms with van der Waals surface area (Å²) < 4.78 is 5.10. The Morgan fingerprint density at radius 1 is 1.47 bits per heavy atom. The normalized spacial score (nSPS) is 19.8. The quantitative estimate of drug-likeness (QED) is 0.794. The number of carbonyl (C=O) groups excluding carboxylic acids is 1. The number of nitrogens with zero attached hydrogens (tertiary/aromatic N) is 1. The Morgan fingerprint density at radius 3 is 2.76 bits per heavy atom. The van der Waals surface area contributed by atoms with E-state index < -0.39 is 0 Å². The van der Waals surface area contributed by atoms with Crippen LogP contribution in [-0.2, 0) is 4.79 Å². The molecule has 92 valence electrons. The minimum absolute atomic E-state index is 0.0416. The summed E-state index contributed by atoms with van der Waals surface area (Å²) in [5.41, 5.74) is 9.68. The average Bonchev–Trinajstić information content (AvgIpc) is 2.72. The van der Waals surface area contributed by atoms with Crippen molar-refractivity contribution < 1.29 is 9.53 Å². The number of hydrazine groups is 1. The fourth-order valence-corrected chi connectivity index (χ4v) is 1.94. The first-order chi connectivity index (χ1) is 8.24. The van der Waals surface area contributed by atoms with Crippen molar-refractivity contribution >= 4 is 5.91 Å². The Balaban J connectivity index is 2.06. The zero-order valence-electron chi connectivity index (χ0n) is 9.85. The number of nitrogens with two attached hydrogens (primary N) is 1. The molecule has 3 N–H and O–H groups in total. The van der Waals surface area contributed by atoms with Gasteiger partial charge < -0.3 is 10.5 Å². The Labute approximate surface area is 101 Å². The lowest BCUT2D eigenvalue weighted by Gasteiger charge is -2.17. The first kappa shape index (κ1) is 11.9. The van der Waals surface area contributed by atoms with Crippen LogP contribution in [0.25, 0.3) is 0 Å². The molecule has 1 saturated heterocycles. The summed E-state index contributed by atoms with van der Waals surface area (Å²) in [6, 6.07) is 7.77. The predicted octanol–water partition coefficient (Wildman–Crippen LogP) is 0.432. The zero-order chi connectivity index (χ0) is 12.3. The third-order valence-corrected chi connectivity index (χ3v) is 2.86. The molecule has 1 atom stereocenters. The number of methoxy groups -OCH3 is 1. The number of amides is 1. The lowest BCUT2D eigenvalue weighted by molar-refractivity contribution is -0.129. The summed E-state index contributed by atoms with van der Waals surface area (Å²) in [5.74, 6) is 0.910. The van der Waals surface area contributed by atoms with Gasteiger partial charge in [-0.1, -0.05) is 12.1 Å². The van der Waals surface area contributed by atoms with Crippen LogP contribution in [0.15, 0.2) is 24.3 Å². The standard InChI is InChI=1S/C12H17N3O2/c1-17-10-4-2-9(3-5-10)11-8-12(16)15(14-11)7-6-13/h2-5,11,14H,6-8,13H2,1H3. The van der Waals surface area contributed by atoms with Gasteiger partial charge in [0.15, 0.2) is 0 Å². The minimum Gasteiger partial charge on any atom is -0.497 e. The first-order valence-electron chi connectivity index (χ1n) is 5.65. The zero-order valence-corrected chi connectivity index (χ0v) is 9.85. The van der Waals surface area contributed by atoms with E-state index in [4.69, 9.17) is 10.5 Å². The molecule has 5 nitrogen and oxygen atoms in total. The van der Waals surface area contributed by atoms with Crippen molar-refractivity contribution in [1.82, 2.24) is 10.4 Å². The van der Waals surface area contributed by atoms with Crippen molar-refractivity contribution in [3.63, 3.8) is 0 Å². The molecule has 5 heteroatoms. The molecule has 1 aromatic rings. The maximum atomic E-state index is 11.7. The van der Waals surface area contributed by atoms with Gasteiger partial charge in [-0.25, -0.2) is 5.43 Å². The number of hydrogen-bond donors (Lipinski definition) is 2. The maximum Gasteiger partial charge on any atom is 0.238 e. The van der Waals surface area contributed by atoms with Crippen molar-refractivity contribution in [2.75, 3.05) is 20.2 Å². The van der Waals surface area contributed by atoms with E-state index in [1.165, 1.54) is 0 Å².